The van der Waals surface area contributed by atoms with Crippen molar-refractivity contribution >= 4 is 0 Å². The van der Waals surface area contributed by atoms with Crippen molar-refractivity contribution in [2.24, 2.45) is 12.5 Å². The van der Waals surface area contributed by atoms with E-state index in [1.54, 1.807) is 0 Å². The van der Waals surface area contributed by atoms with Crippen LogP contribution in [0.15, 0.2) is 12.3 Å². The predicted octanol–water partition coefficient (Wildman–Crippen LogP) is 3.16. The van der Waals surface area contributed by atoms with Gasteiger partial charge < -0.3 is 5.32 Å². The number of unbranched alkanes of at least 4 members (excludes halogenated alkanes) is 1. The maximum atomic E-state index is 4.25. The number of rotatable bonds is 9. The zero-order chi connectivity index (χ0) is 13.4. The molecule has 1 N–H and O–H groups in total. The lowest BCUT2D eigenvalue weighted by Gasteiger charge is -2.33. The lowest BCUT2D eigenvalue weighted by Crippen LogP contribution is -2.33. The van der Waals surface area contributed by atoms with Gasteiger partial charge in [0.25, 0.3) is 0 Å². The average molecular weight is 251 g/mol. The van der Waals surface area contributed by atoms with Crippen molar-refractivity contribution in [2.45, 2.75) is 52.4 Å². The van der Waals surface area contributed by atoms with Crippen molar-refractivity contribution < 1.29 is 0 Å². The van der Waals surface area contributed by atoms with Crippen LogP contribution in [0.25, 0.3) is 0 Å². The molecule has 104 valence electrons. The summed E-state index contributed by atoms with van der Waals surface area (Å²) in [4.78, 5) is 0. The number of hydrogen-bond acceptors (Lipinski definition) is 2. The Hall–Kier alpha value is -0.830. The Morgan fingerprint density at radius 2 is 2.11 bits per heavy atom. The maximum Gasteiger partial charge on any atom is 0.0492 e. The third-order valence-electron chi connectivity index (χ3n) is 4.20. The Balaban J connectivity index is 2.62. The minimum absolute atomic E-state index is 0.453. The number of aryl methyl sites for hydroxylation is 2. The van der Waals surface area contributed by atoms with E-state index >= 15 is 0 Å². The molecule has 0 saturated carbocycles. The molecule has 3 nitrogen and oxygen atoms in total. The van der Waals surface area contributed by atoms with Crippen LogP contribution in [0.3, 0.4) is 0 Å². The Labute approximate surface area is 112 Å². The molecule has 0 aliphatic carbocycles. The molecule has 3 heteroatoms. The van der Waals surface area contributed by atoms with Gasteiger partial charge in [-0.15, -0.1) is 0 Å². The fourth-order valence-corrected chi connectivity index (χ4v) is 2.75. The van der Waals surface area contributed by atoms with E-state index in [0.29, 0.717) is 5.41 Å². The van der Waals surface area contributed by atoms with Gasteiger partial charge in [0.05, 0.1) is 0 Å². The van der Waals surface area contributed by atoms with Crippen molar-refractivity contribution in [3.8, 4) is 0 Å². The summed E-state index contributed by atoms with van der Waals surface area (Å²) < 4.78 is 2.00. The Kier molecular flexibility index (Phi) is 6.41. The average Bonchev–Trinajstić information content (AvgIpc) is 2.79. The highest BCUT2D eigenvalue weighted by molar-refractivity contribution is 5.01. The van der Waals surface area contributed by atoms with E-state index in [1.807, 2.05) is 17.9 Å². The highest BCUT2D eigenvalue weighted by atomic mass is 15.2. The van der Waals surface area contributed by atoms with E-state index in [1.165, 1.54) is 37.8 Å². The molecule has 0 spiro atoms. The summed E-state index contributed by atoms with van der Waals surface area (Å²) in [6.07, 6.45) is 9.50. The first-order valence-corrected chi connectivity index (χ1v) is 7.29. The minimum Gasteiger partial charge on any atom is -0.319 e. The van der Waals surface area contributed by atoms with Gasteiger partial charge in [-0.05, 0) is 44.2 Å². The third-order valence-corrected chi connectivity index (χ3v) is 4.20. The normalized spacial score (nSPS) is 14.7. The van der Waals surface area contributed by atoms with Gasteiger partial charge >= 0.3 is 0 Å². The van der Waals surface area contributed by atoms with Gasteiger partial charge in [-0.2, -0.15) is 5.10 Å². The zero-order valence-corrected chi connectivity index (χ0v) is 12.5. The summed E-state index contributed by atoms with van der Waals surface area (Å²) in [7, 11) is 4.10. The Morgan fingerprint density at radius 1 is 1.33 bits per heavy atom. The molecule has 0 bridgehead atoms. The summed E-state index contributed by atoms with van der Waals surface area (Å²) in [5, 5.41) is 7.64. The van der Waals surface area contributed by atoms with E-state index in [-0.39, 0.29) is 0 Å². The number of nitrogens with one attached hydrogen (secondary N) is 1. The first kappa shape index (κ1) is 15.2. The highest BCUT2D eigenvalue weighted by Gasteiger charge is 2.26. The van der Waals surface area contributed by atoms with Crippen LogP contribution in [0.1, 0.15) is 51.6 Å². The van der Waals surface area contributed by atoms with Crippen molar-refractivity contribution in [1.29, 1.82) is 0 Å². The second-order valence-electron chi connectivity index (χ2n) is 5.43. The van der Waals surface area contributed by atoms with Gasteiger partial charge in [-0.1, -0.05) is 26.7 Å². The van der Waals surface area contributed by atoms with Crippen LogP contribution in [0.5, 0.6) is 0 Å². The molecule has 1 unspecified atom stereocenters. The first-order chi connectivity index (χ1) is 8.67. The molecular weight excluding hydrogens is 222 g/mol. The Morgan fingerprint density at radius 3 is 2.61 bits per heavy atom. The predicted molar refractivity (Wildman–Crippen MR) is 77.7 cm³/mol. The molecule has 0 saturated heterocycles. The van der Waals surface area contributed by atoms with Gasteiger partial charge in [0.15, 0.2) is 0 Å². The molecule has 1 aromatic heterocycles. The zero-order valence-electron chi connectivity index (χ0n) is 12.5. The van der Waals surface area contributed by atoms with Crippen LogP contribution >= 0.6 is 0 Å². The number of nitrogens with zero attached hydrogens (tertiary/aromatic N) is 2. The largest absolute Gasteiger partial charge is 0.319 e. The fourth-order valence-electron chi connectivity index (χ4n) is 2.75. The lowest BCUT2D eigenvalue weighted by molar-refractivity contribution is 0.216. The second kappa shape index (κ2) is 7.57. The van der Waals surface area contributed by atoms with Crippen LogP contribution in [-0.2, 0) is 13.5 Å². The summed E-state index contributed by atoms with van der Waals surface area (Å²) >= 11 is 0. The first-order valence-electron chi connectivity index (χ1n) is 7.29. The van der Waals surface area contributed by atoms with Crippen LogP contribution in [0.4, 0.5) is 0 Å². The van der Waals surface area contributed by atoms with Crippen LogP contribution in [-0.4, -0.2) is 23.4 Å². The summed E-state index contributed by atoms with van der Waals surface area (Å²) in [6, 6.07) is 2.14. The standard InChI is InChI=1S/C15H29N3/c1-5-7-10-15(6-2,13-16-3)11-8-14-9-12-17-18(14)4/h9,12,16H,5-8,10-11,13H2,1-4H3. The molecule has 0 aliphatic rings. The minimum atomic E-state index is 0.453. The molecule has 0 radical (unpaired) electrons. The SMILES string of the molecule is CCCCC(CC)(CCc1ccnn1C)CNC. The Bertz CT molecular complexity index is 332. The summed E-state index contributed by atoms with van der Waals surface area (Å²) in [5.74, 6) is 0. The quantitative estimate of drug-likeness (QED) is 0.730. The van der Waals surface area contributed by atoms with Crippen molar-refractivity contribution in [3.63, 3.8) is 0 Å². The molecule has 1 rings (SSSR count). The van der Waals surface area contributed by atoms with E-state index in [4.69, 9.17) is 0 Å². The van der Waals surface area contributed by atoms with Crippen molar-refractivity contribution in [3.05, 3.63) is 18.0 Å². The molecule has 1 atom stereocenters. The second-order valence-corrected chi connectivity index (χ2v) is 5.43. The fraction of sp³-hybridized carbons (Fsp3) is 0.800. The van der Waals surface area contributed by atoms with Gasteiger partial charge in [-0.25, -0.2) is 0 Å². The summed E-state index contributed by atoms with van der Waals surface area (Å²) in [6.45, 7) is 5.73. The monoisotopic (exact) mass is 251 g/mol. The van der Waals surface area contributed by atoms with Gasteiger partial charge in [-0.3, -0.25) is 4.68 Å². The molecule has 1 aromatic rings. The lowest BCUT2D eigenvalue weighted by atomic mass is 9.76. The van der Waals surface area contributed by atoms with Gasteiger partial charge in [0, 0.05) is 25.5 Å². The molecule has 1 heterocycles. The molecule has 0 fully saturated rings. The molecule has 0 aromatic carbocycles. The van der Waals surface area contributed by atoms with E-state index < -0.39 is 0 Å². The third kappa shape index (κ3) is 4.13. The van der Waals surface area contributed by atoms with E-state index in [2.05, 4.69) is 37.4 Å². The highest BCUT2D eigenvalue weighted by Crippen LogP contribution is 2.33. The van der Waals surface area contributed by atoms with Crippen LogP contribution in [0, 0.1) is 5.41 Å². The van der Waals surface area contributed by atoms with Crippen molar-refractivity contribution in [1.82, 2.24) is 15.1 Å². The number of aromatic nitrogens is 2. The molecular formula is C15H29N3. The smallest absolute Gasteiger partial charge is 0.0492 e. The van der Waals surface area contributed by atoms with Crippen LogP contribution < -0.4 is 5.32 Å². The molecule has 0 amide bonds. The van der Waals surface area contributed by atoms with Crippen molar-refractivity contribution in [2.75, 3.05) is 13.6 Å². The summed E-state index contributed by atoms with van der Waals surface area (Å²) in [5.41, 5.74) is 1.80. The van der Waals surface area contributed by atoms with E-state index in [0.717, 1.165) is 13.0 Å². The molecule has 0 aliphatic heterocycles. The van der Waals surface area contributed by atoms with Gasteiger partial charge in [0.2, 0.25) is 0 Å². The number of hydrogen-bond donors (Lipinski definition) is 1. The topological polar surface area (TPSA) is 29.9 Å². The van der Waals surface area contributed by atoms with E-state index in [9.17, 15) is 0 Å². The van der Waals surface area contributed by atoms with Crippen LogP contribution in [0.2, 0.25) is 0 Å². The van der Waals surface area contributed by atoms with Gasteiger partial charge in [0.1, 0.15) is 0 Å². The maximum absolute atomic E-state index is 4.25. The molecule has 18 heavy (non-hydrogen) atoms.